The van der Waals surface area contributed by atoms with Gasteiger partial charge in [-0.05, 0) is 48.2 Å². The molecule has 0 aromatic heterocycles. The first kappa shape index (κ1) is 19.5. The molecule has 4 nitrogen and oxygen atoms in total. The molecule has 0 aliphatic heterocycles. The molecule has 8 heteroatoms. The van der Waals surface area contributed by atoms with Crippen LogP contribution in [0.4, 0.5) is 29.3 Å². The summed E-state index contributed by atoms with van der Waals surface area (Å²) in [5.74, 6) is 0. The van der Waals surface area contributed by atoms with Gasteiger partial charge in [-0.1, -0.05) is 23.7 Å². The third-order valence-electron chi connectivity index (χ3n) is 4.62. The van der Waals surface area contributed by atoms with Gasteiger partial charge in [0.25, 0.3) is 0 Å². The second-order valence-corrected chi connectivity index (χ2v) is 6.90. The van der Waals surface area contributed by atoms with E-state index < -0.39 is 28.9 Å². The van der Waals surface area contributed by atoms with Crippen LogP contribution in [0.15, 0.2) is 36.4 Å². The summed E-state index contributed by atoms with van der Waals surface area (Å²) in [6.07, 6.45) is -3.27. The third kappa shape index (κ3) is 4.20. The van der Waals surface area contributed by atoms with Crippen molar-refractivity contribution in [3.63, 3.8) is 0 Å². The number of nitrogens with zero attached hydrogens (tertiary/aromatic N) is 1. The number of nitrogens with one attached hydrogen (secondary N) is 1. The Bertz CT molecular complexity index is 871. The number of fused-ring (bicyclic) bond motifs is 1. The molecule has 2 aromatic carbocycles. The standard InChI is InChI=1S/C19H18ClF3N2O2/c1-25(17-4-2-3-11-5-7-13(26)10-14(11)17)18(27)24-12-6-8-16(20)15(9-12)19(21,22)23/h2-4,6,8-9,13,26H,5,7,10H2,1H3,(H,24,27). The highest BCUT2D eigenvalue weighted by Crippen LogP contribution is 2.36. The zero-order valence-electron chi connectivity index (χ0n) is 14.5. The highest BCUT2D eigenvalue weighted by Gasteiger charge is 2.33. The van der Waals surface area contributed by atoms with Crippen molar-refractivity contribution in [3.05, 3.63) is 58.1 Å². The minimum atomic E-state index is -4.61. The molecule has 0 fully saturated rings. The first-order valence-electron chi connectivity index (χ1n) is 8.37. The minimum Gasteiger partial charge on any atom is -0.393 e. The molecule has 3 rings (SSSR count). The average Bonchev–Trinajstić information content (AvgIpc) is 2.61. The van der Waals surface area contributed by atoms with Crippen LogP contribution in [0.3, 0.4) is 0 Å². The Morgan fingerprint density at radius 1 is 1.30 bits per heavy atom. The lowest BCUT2D eigenvalue weighted by atomic mass is 9.88. The van der Waals surface area contributed by atoms with E-state index in [-0.39, 0.29) is 5.69 Å². The Balaban J connectivity index is 1.84. The Morgan fingerprint density at radius 3 is 2.74 bits per heavy atom. The van der Waals surface area contributed by atoms with Crippen molar-refractivity contribution in [1.29, 1.82) is 0 Å². The number of halogens is 4. The van der Waals surface area contributed by atoms with Gasteiger partial charge >= 0.3 is 12.2 Å². The van der Waals surface area contributed by atoms with Crippen molar-refractivity contribution in [2.45, 2.75) is 31.5 Å². The quantitative estimate of drug-likeness (QED) is 0.757. The fourth-order valence-electron chi connectivity index (χ4n) is 3.20. The van der Waals surface area contributed by atoms with Crippen LogP contribution in [0.25, 0.3) is 0 Å². The first-order valence-corrected chi connectivity index (χ1v) is 8.75. The number of alkyl halides is 3. The average molecular weight is 399 g/mol. The van der Waals surface area contributed by atoms with Gasteiger partial charge in [-0.3, -0.25) is 4.90 Å². The van der Waals surface area contributed by atoms with E-state index in [0.29, 0.717) is 24.9 Å². The van der Waals surface area contributed by atoms with Crippen molar-refractivity contribution in [2.24, 2.45) is 0 Å². The Morgan fingerprint density at radius 2 is 2.04 bits per heavy atom. The molecule has 2 aromatic rings. The predicted molar refractivity (Wildman–Crippen MR) is 98.3 cm³/mol. The third-order valence-corrected chi connectivity index (χ3v) is 4.95. The summed E-state index contributed by atoms with van der Waals surface area (Å²) in [6.45, 7) is 0. The number of aliphatic hydroxyl groups is 1. The number of hydrogen-bond acceptors (Lipinski definition) is 2. The van der Waals surface area contributed by atoms with Gasteiger partial charge in [0, 0.05) is 24.8 Å². The van der Waals surface area contributed by atoms with Gasteiger partial charge in [0.1, 0.15) is 0 Å². The second-order valence-electron chi connectivity index (χ2n) is 6.49. The smallest absolute Gasteiger partial charge is 0.393 e. The maximum Gasteiger partial charge on any atom is 0.417 e. The molecule has 1 unspecified atom stereocenters. The molecule has 0 saturated heterocycles. The Hall–Kier alpha value is -2.25. The van der Waals surface area contributed by atoms with E-state index >= 15 is 0 Å². The molecule has 2 amide bonds. The summed E-state index contributed by atoms with van der Waals surface area (Å²) in [5, 5.41) is 12.0. The molecule has 0 radical (unpaired) electrons. The van der Waals surface area contributed by atoms with Crippen molar-refractivity contribution < 1.29 is 23.1 Å². The van der Waals surface area contributed by atoms with Gasteiger partial charge in [0.05, 0.1) is 16.7 Å². The lowest BCUT2D eigenvalue weighted by Gasteiger charge is -2.27. The molecular weight excluding hydrogens is 381 g/mol. The van der Waals surface area contributed by atoms with Crippen molar-refractivity contribution in [1.82, 2.24) is 0 Å². The lowest BCUT2D eigenvalue weighted by Crippen LogP contribution is -2.33. The number of carbonyl (C=O) groups is 1. The molecule has 0 bridgehead atoms. The van der Waals surface area contributed by atoms with Crippen LogP contribution >= 0.6 is 11.6 Å². The van der Waals surface area contributed by atoms with Crippen molar-refractivity contribution in [2.75, 3.05) is 17.3 Å². The molecule has 0 spiro atoms. The topological polar surface area (TPSA) is 52.6 Å². The minimum absolute atomic E-state index is 0.00610. The normalized spacial score (nSPS) is 16.6. The fourth-order valence-corrected chi connectivity index (χ4v) is 3.43. The molecular formula is C19H18ClF3N2O2. The number of urea groups is 1. The van der Waals surface area contributed by atoms with Gasteiger partial charge in [0.2, 0.25) is 0 Å². The molecule has 1 atom stereocenters. The van der Waals surface area contributed by atoms with Crippen LogP contribution in [-0.4, -0.2) is 24.3 Å². The maximum atomic E-state index is 13.0. The Labute approximate surface area is 159 Å². The van der Waals surface area contributed by atoms with Crippen LogP contribution in [0.1, 0.15) is 23.1 Å². The zero-order chi connectivity index (χ0) is 19.8. The molecule has 0 heterocycles. The number of amides is 2. The number of anilines is 2. The zero-order valence-corrected chi connectivity index (χ0v) is 15.2. The molecule has 0 saturated carbocycles. The number of aryl methyl sites for hydroxylation is 1. The van der Waals surface area contributed by atoms with Gasteiger partial charge in [0.15, 0.2) is 0 Å². The van der Waals surface area contributed by atoms with Crippen LogP contribution < -0.4 is 10.2 Å². The van der Waals surface area contributed by atoms with Crippen LogP contribution in [0.2, 0.25) is 5.02 Å². The molecule has 27 heavy (non-hydrogen) atoms. The first-order chi connectivity index (χ1) is 12.7. The van der Waals surface area contributed by atoms with Crippen molar-refractivity contribution >= 4 is 29.0 Å². The maximum absolute atomic E-state index is 13.0. The van der Waals surface area contributed by atoms with Gasteiger partial charge in [-0.2, -0.15) is 13.2 Å². The van der Waals surface area contributed by atoms with E-state index in [1.807, 2.05) is 12.1 Å². The largest absolute Gasteiger partial charge is 0.417 e. The second kappa shape index (κ2) is 7.40. The molecule has 1 aliphatic rings. The van der Waals surface area contributed by atoms with E-state index in [4.69, 9.17) is 11.6 Å². The molecule has 1 aliphatic carbocycles. The van der Waals surface area contributed by atoms with E-state index in [9.17, 15) is 23.1 Å². The summed E-state index contributed by atoms with van der Waals surface area (Å²) in [4.78, 5) is 13.9. The van der Waals surface area contributed by atoms with Gasteiger partial charge in [-0.25, -0.2) is 4.79 Å². The number of carbonyl (C=O) groups excluding carboxylic acids is 1. The van der Waals surface area contributed by atoms with Crippen molar-refractivity contribution in [3.8, 4) is 0 Å². The van der Waals surface area contributed by atoms with E-state index in [2.05, 4.69) is 5.32 Å². The van der Waals surface area contributed by atoms with E-state index in [1.54, 1.807) is 6.07 Å². The highest BCUT2D eigenvalue weighted by atomic mass is 35.5. The lowest BCUT2D eigenvalue weighted by molar-refractivity contribution is -0.137. The number of rotatable bonds is 2. The molecule has 2 N–H and O–H groups in total. The number of hydrogen-bond donors (Lipinski definition) is 2. The summed E-state index contributed by atoms with van der Waals surface area (Å²) >= 11 is 5.60. The summed E-state index contributed by atoms with van der Waals surface area (Å²) in [7, 11) is 1.53. The van der Waals surface area contributed by atoms with E-state index in [1.165, 1.54) is 18.0 Å². The number of aliphatic hydroxyl groups excluding tert-OH is 1. The van der Waals surface area contributed by atoms with Crippen LogP contribution in [0.5, 0.6) is 0 Å². The summed E-state index contributed by atoms with van der Waals surface area (Å²) < 4.78 is 39.0. The van der Waals surface area contributed by atoms with Crippen LogP contribution in [-0.2, 0) is 19.0 Å². The fraction of sp³-hybridized carbons (Fsp3) is 0.316. The Kier molecular flexibility index (Phi) is 5.35. The monoisotopic (exact) mass is 398 g/mol. The number of benzene rings is 2. The predicted octanol–water partition coefficient (Wildman–Crippen LogP) is 4.88. The van der Waals surface area contributed by atoms with Gasteiger partial charge < -0.3 is 10.4 Å². The summed E-state index contributed by atoms with van der Waals surface area (Å²) in [6, 6.07) is 8.15. The summed E-state index contributed by atoms with van der Waals surface area (Å²) in [5.41, 5.74) is 1.54. The molecule has 144 valence electrons. The highest BCUT2D eigenvalue weighted by molar-refractivity contribution is 6.31. The SMILES string of the molecule is CN(C(=O)Nc1ccc(Cl)c(C(F)(F)F)c1)c1cccc2c1CC(O)CC2. The van der Waals surface area contributed by atoms with Gasteiger partial charge in [-0.15, -0.1) is 0 Å². The van der Waals surface area contributed by atoms with E-state index in [0.717, 1.165) is 23.3 Å². The van der Waals surface area contributed by atoms with Crippen LogP contribution in [0, 0.1) is 0 Å².